The predicted molar refractivity (Wildman–Crippen MR) is 74.8 cm³/mol. The minimum atomic E-state index is -4.55. The Morgan fingerprint density at radius 1 is 1.24 bits per heavy atom. The van der Waals surface area contributed by atoms with Gasteiger partial charge in [-0.1, -0.05) is 19.9 Å². The van der Waals surface area contributed by atoms with Gasteiger partial charge in [-0.25, -0.2) is 0 Å². The first kappa shape index (κ1) is 15.7. The number of nitrogens with zero attached hydrogens (tertiary/aromatic N) is 1. The van der Waals surface area contributed by atoms with E-state index in [1.807, 2.05) is 0 Å². The maximum atomic E-state index is 12.8. The molecule has 1 aromatic rings. The minimum absolute atomic E-state index is 0.0652. The molecular formula is C15H19F3N2O. The molecular weight excluding hydrogens is 281 g/mol. The molecule has 21 heavy (non-hydrogen) atoms. The third-order valence-electron chi connectivity index (χ3n) is 4.05. The Morgan fingerprint density at radius 2 is 1.81 bits per heavy atom. The third kappa shape index (κ3) is 3.31. The van der Waals surface area contributed by atoms with Crippen molar-refractivity contribution in [2.45, 2.75) is 32.9 Å². The number of anilines is 1. The van der Waals surface area contributed by atoms with Crippen molar-refractivity contribution in [2.75, 3.05) is 18.8 Å². The number of halogens is 3. The molecule has 0 aliphatic carbocycles. The highest BCUT2D eigenvalue weighted by Crippen LogP contribution is 2.36. The van der Waals surface area contributed by atoms with Crippen molar-refractivity contribution < 1.29 is 18.0 Å². The summed E-state index contributed by atoms with van der Waals surface area (Å²) in [6.45, 7) is 5.32. The molecule has 0 unspecified atom stereocenters. The average Bonchev–Trinajstić information content (AvgIpc) is 2.37. The predicted octanol–water partition coefficient (Wildman–Crippen LogP) is 3.55. The lowest BCUT2D eigenvalue weighted by Gasteiger charge is -2.37. The van der Waals surface area contributed by atoms with Gasteiger partial charge >= 0.3 is 6.18 Å². The van der Waals surface area contributed by atoms with Crippen molar-refractivity contribution in [3.63, 3.8) is 0 Å². The van der Waals surface area contributed by atoms with E-state index in [-0.39, 0.29) is 11.0 Å². The maximum absolute atomic E-state index is 12.8. The topological polar surface area (TPSA) is 46.3 Å². The molecule has 0 aromatic heterocycles. The van der Waals surface area contributed by atoms with Crippen LogP contribution in [0, 0.1) is 5.41 Å². The fourth-order valence-electron chi connectivity index (χ4n) is 2.48. The SMILES string of the molecule is CC1(C)CCN(C(=O)c2cccc(C(F)(F)F)c2N)CC1. The monoisotopic (exact) mass is 300 g/mol. The molecule has 1 saturated heterocycles. The smallest absolute Gasteiger partial charge is 0.398 e. The van der Waals surface area contributed by atoms with Crippen molar-refractivity contribution in [3.8, 4) is 0 Å². The number of nitrogen functional groups attached to an aromatic ring is 1. The molecule has 1 aliphatic rings. The summed E-state index contributed by atoms with van der Waals surface area (Å²) < 4.78 is 38.5. The van der Waals surface area contributed by atoms with E-state index in [2.05, 4.69) is 13.8 Å². The zero-order chi connectivity index (χ0) is 15.8. The summed E-state index contributed by atoms with van der Waals surface area (Å²) in [5.74, 6) is -0.422. The van der Waals surface area contributed by atoms with Crippen LogP contribution in [0.15, 0.2) is 18.2 Å². The van der Waals surface area contributed by atoms with E-state index in [1.165, 1.54) is 12.1 Å². The van der Waals surface area contributed by atoms with Crippen molar-refractivity contribution in [2.24, 2.45) is 5.41 Å². The van der Waals surface area contributed by atoms with Crippen LogP contribution in [0.5, 0.6) is 0 Å². The highest BCUT2D eigenvalue weighted by atomic mass is 19.4. The zero-order valence-corrected chi connectivity index (χ0v) is 12.1. The number of hydrogen-bond donors (Lipinski definition) is 1. The molecule has 1 aromatic carbocycles. The van der Waals surface area contributed by atoms with Crippen LogP contribution in [0.2, 0.25) is 0 Å². The number of benzene rings is 1. The molecule has 6 heteroatoms. The second-order valence-electron chi connectivity index (χ2n) is 6.22. The van der Waals surface area contributed by atoms with E-state index in [4.69, 9.17) is 5.73 Å². The summed E-state index contributed by atoms with van der Waals surface area (Å²) in [4.78, 5) is 14.0. The van der Waals surface area contributed by atoms with Gasteiger partial charge in [-0.3, -0.25) is 4.79 Å². The van der Waals surface area contributed by atoms with Crippen molar-refractivity contribution >= 4 is 11.6 Å². The van der Waals surface area contributed by atoms with Crippen LogP contribution in [0.3, 0.4) is 0 Å². The normalized spacial score (nSPS) is 18.6. The van der Waals surface area contributed by atoms with Gasteiger partial charge in [0.1, 0.15) is 0 Å². The Bertz CT molecular complexity index is 542. The fourth-order valence-corrected chi connectivity index (χ4v) is 2.48. The molecule has 0 bridgehead atoms. The van der Waals surface area contributed by atoms with Gasteiger partial charge in [0, 0.05) is 13.1 Å². The number of rotatable bonds is 1. The van der Waals surface area contributed by atoms with Gasteiger partial charge in [-0.15, -0.1) is 0 Å². The van der Waals surface area contributed by atoms with Gasteiger partial charge in [0.2, 0.25) is 0 Å². The molecule has 1 fully saturated rings. The Kier molecular flexibility index (Phi) is 3.91. The van der Waals surface area contributed by atoms with E-state index in [9.17, 15) is 18.0 Å². The lowest BCUT2D eigenvalue weighted by Crippen LogP contribution is -2.41. The van der Waals surface area contributed by atoms with Gasteiger partial charge in [0.25, 0.3) is 5.91 Å². The van der Waals surface area contributed by atoms with Crippen LogP contribution in [0.1, 0.15) is 42.6 Å². The van der Waals surface area contributed by atoms with Gasteiger partial charge in [-0.2, -0.15) is 13.2 Å². The number of para-hydroxylation sites is 1. The lowest BCUT2D eigenvalue weighted by molar-refractivity contribution is -0.136. The Hall–Kier alpha value is -1.72. The van der Waals surface area contributed by atoms with Crippen LogP contribution < -0.4 is 5.73 Å². The molecule has 3 nitrogen and oxygen atoms in total. The number of likely N-dealkylation sites (tertiary alicyclic amines) is 1. The zero-order valence-electron chi connectivity index (χ0n) is 12.1. The highest BCUT2D eigenvalue weighted by molar-refractivity contribution is 5.99. The number of carbonyl (C=O) groups excluding carboxylic acids is 1. The summed E-state index contributed by atoms with van der Waals surface area (Å²) in [5.41, 5.74) is 4.22. The molecule has 0 spiro atoms. The summed E-state index contributed by atoms with van der Waals surface area (Å²) >= 11 is 0. The summed E-state index contributed by atoms with van der Waals surface area (Å²) in [7, 11) is 0. The van der Waals surface area contributed by atoms with E-state index in [0.717, 1.165) is 18.9 Å². The summed E-state index contributed by atoms with van der Waals surface area (Å²) in [6, 6.07) is 3.47. The third-order valence-corrected chi connectivity index (χ3v) is 4.05. The first-order valence-corrected chi connectivity index (χ1v) is 6.87. The van der Waals surface area contributed by atoms with Crippen LogP contribution >= 0.6 is 0 Å². The van der Waals surface area contributed by atoms with E-state index in [1.54, 1.807) is 4.90 Å². The van der Waals surface area contributed by atoms with Crippen molar-refractivity contribution in [1.29, 1.82) is 0 Å². The molecule has 116 valence electrons. The summed E-state index contributed by atoms with van der Waals surface area (Å²) in [5, 5.41) is 0. The van der Waals surface area contributed by atoms with Crippen LogP contribution in [0.4, 0.5) is 18.9 Å². The van der Waals surface area contributed by atoms with E-state index in [0.29, 0.717) is 13.1 Å². The molecule has 2 N–H and O–H groups in total. The molecule has 2 rings (SSSR count). The molecule has 1 heterocycles. The van der Waals surface area contributed by atoms with E-state index >= 15 is 0 Å². The molecule has 1 aliphatic heterocycles. The second-order valence-corrected chi connectivity index (χ2v) is 6.22. The summed E-state index contributed by atoms with van der Waals surface area (Å²) in [6.07, 6.45) is -2.89. The standard InChI is InChI=1S/C15H19F3N2O/c1-14(2)6-8-20(9-7-14)13(21)10-4-3-5-11(12(10)19)15(16,17)18/h3-5H,6-9,19H2,1-2H3. The number of alkyl halides is 3. The molecule has 0 saturated carbocycles. The van der Waals surface area contributed by atoms with Gasteiger partial charge < -0.3 is 10.6 Å². The number of hydrogen-bond acceptors (Lipinski definition) is 2. The Morgan fingerprint density at radius 3 is 2.33 bits per heavy atom. The highest BCUT2D eigenvalue weighted by Gasteiger charge is 2.35. The lowest BCUT2D eigenvalue weighted by atomic mass is 9.82. The number of nitrogens with two attached hydrogens (primary N) is 1. The average molecular weight is 300 g/mol. The van der Waals surface area contributed by atoms with Crippen LogP contribution in [-0.4, -0.2) is 23.9 Å². The molecule has 0 radical (unpaired) electrons. The fraction of sp³-hybridized carbons (Fsp3) is 0.533. The van der Waals surface area contributed by atoms with Crippen LogP contribution in [-0.2, 0) is 6.18 Å². The van der Waals surface area contributed by atoms with E-state index < -0.39 is 23.3 Å². The van der Waals surface area contributed by atoms with Gasteiger partial charge in [-0.05, 0) is 30.4 Å². The second kappa shape index (κ2) is 5.24. The number of carbonyl (C=O) groups is 1. The van der Waals surface area contributed by atoms with Crippen LogP contribution in [0.25, 0.3) is 0 Å². The van der Waals surface area contributed by atoms with Crippen molar-refractivity contribution in [3.05, 3.63) is 29.3 Å². The number of amides is 1. The largest absolute Gasteiger partial charge is 0.418 e. The van der Waals surface area contributed by atoms with Gasteiger partial charge in [0.05, 0.1) is 16.8 Å². The van der Waals surface area contributed by atoms with Crippen molar-refractivity contribution in [1.82, 2.24) is 4.90 Å². The quantitative estimate of drug-likeness (QED) is 0.806. The Labute approximate surface area is 121 Å². The first-order valence-electron chi connectivity index (χ1n) is 6.87. The molecule has 1 amide bonds. The Balaban J connectivity index is 2.25. The minimum Gasteiger partial charge on any atom is -0.398 e. The van der Waals surface area contributed by atoms with Gasteiger partial charge in [0.15, 0.2) is 0 Å². The maximum Gasteiger partial charge on any atom is 0.418 e. The molecule has 0 atom stereocenters. The first-order chi connectivity index (χ1) is 9.62. The number of piperidine rings is 1.